The quantitative estimate of drug-likeness (QED) is 0.0964. The molecule has 0 saturated heterocycles. The third kappa shape index (κ3) is 12.0. The predicted molar refractivity (Wildman–Crippen MR) is 144 cm³/mol. The second-order valence-corrected chi connectivity index (χ2v) is 8.88. The zero-order valence-electron chi connectivity index (χ0n) is 21.6. The van der Waals surface area contributed by atoms with Crippen LogP contribution >= 0.6 is 0 Å². The van der Waals surface area contributed by atoms with Gasteiger partial charge in [0.1, 0.15) is 11.5 Å². The van der Waals surface area contributed by atoms with Gasteiger partial charge in [0.15, 0.2) is 5.92 Å². The second kappa shape index (κ2) is 18.0. The number of benzene rings is 2. The van der Waals surface area contributed by atoms with E-state index in [4.69, 9.17) is 24.4 Å². The fourth-order valence-corrected chi connectivity index (χ4v) is 3.73. The van der Waals surface area contributed by atoms with Crippen molar-refractivity contribution in [1.82, 2.24) is 0 Å². The number of carboxylic acids is 1. The highest BCUT2D eigenvalue weighted by molar-refractivity contribution is 5.94. The van der Waals surface area contributed by atoms with Gasteiger partial charge in [-0.2, -0.15) is 0 Å². The molecule has 2 rings (SSSR count). The van der Waals surface area contributed by atoms with Gasteiger partial charge in [-0.1, -0.05) is 36.8 Å². The maximum absolute atomic E-state index is 11.8. The number of hydrogen-bond acceptors (Lipinski definition) is 6. The molecule has 2 aromatic rings. The highest BCUT2D eigenvalue weighted by Gasteiger charge is 2.26. The molecular weight excluding hydrogens is 472 g/mol. The highest BCUT2D eigenvalue weighted by Crippen LogP contribution is 2.25. The Bertz CT molecular complexity index is 922. The van der Waals surface area contributed by atoms with Crippen molar-refractivity contribution in [2.75, 3.05) is 26.4 Å². The van der Waals surface area contributed by atoms with Crippen LogP contribution in [0, 0.1) is 5.92 Å². The van der Waals surface area contributed by atoms with Gasteiger partial charge in [0, 0.05) is 6.61 Å². The lowest BCUT2D eigenvalue weighted by atomic mass is 10.1. The van der Waals surface area contributed by atoms with Gasteiger partial charge >= 0.3 is 11.9 Å². The number of esters is 1. The number of carbonyl (C=O) groups excluding carboxylic acids is 1. The molecule has 1 unspecified atom stereocenters. The van der Waals surface area contributed by atoms with Crippen molar-refractivity contribution in [3.8, 4) is 22.6 Å². The van der Waals surface area contributed by atoms with Gasteiger partial charge in [-0.05, 0) is 86.8 Å². The average molecular weight is 513 g/mol. The van der Waals surface area contributed by atoms with Crippen molar-refractivity contribution >= 4 is 11.9 Å². The van der Waals surface area contributed by atoms with E-state index in [9.17, 15) is 9.59 Å². The van der Waals surface area contributed by atoms with Crippen molar-refractivity contribution in [3.05, 3.63) is 61.2 Å². The van der Waals surface area contributed by atoms with Gasteiger partial charge in [-0.25, -0.2) is 0 Å². The van der Waals surface area contributed by atoms with Gasteiger partial charge in [-0.15, -0.1) is 6.58 Å². The van der Waals surface area contributed by atoms with Gasteiger partial charge in [0.25, 0.3) is 0 Å². The van der Waals surface area contributed by atoms with Gasteiger partial charge in [0.05, 0.1) is 19.8 Å². The van der Waals surface area contributed by atoms with E-state index in [0.29, 0.717) is 19.6 Å². The van der Waals surface area contributed by atoms with Crippen LogP contribution in [-0.2, 0) is 14.3 Å². The van der Waals surface area contributed by atoms with Crippen LogP contribution in [0.5, 0.6) is 11.5 Å². The standard InChI is InChI=1S/C30H40O7/c1-2-11-28(29(32)33)30(34)37-23-10-6-5-9-22-36-27-18-14-25(15-19-27)24-12-16-26(17-13-24)35-21-8-4-3-7-20-31/h2,12-19,28,31H,1,3-11,20-23H2,(H,32,33). The van der Waals surface area contributed by atoms with Crippen molar-refractivity contribution in [3.63, 3.8) is 0 Å². The Labute approximate surface area is 220 Å². The van der Waals surface area contributed by atoms with Crippen molar-refractivity contribution in [1.29, 1.82) is 0 Å². The van der Waals surface area contributed by atoms with Crippen LogP contribution in [0.15, 0.2) is 61.2 Å². The van der Waals surface area contributed by atoms with Crippen LogP contribution in [0.25, 0.3) is 11.1 Å². The molecule has 7 heteroatoms. The number of aliphatic carboxylic acids is 1. The molecule has 0 aliphatic rings. The van der Waals surface area contributed by atoms with E-state index in [1.807, 2.05) is 36.4 Å². The van der Waals surface area contributed by atoms with Crippen LogP contribution in [0.3, 0.4) is 0 Å². The molecule has 0 saturated carbocycles. The fourth-order valence-electron chi connectivity index (χ4n) is 3.73. The third-order valence-electron chi connectivity index (χ3n) is 5.90. The maximum atomic E-state index is 11.8. The van der Waals surface area contributed by atoms with E-state index in [1.165, 1.54) is 6.08 Å². The molecule has 0 bridgehead atoms. The summed E-state index contributed by atoms with van der Waals surface area (Å²) in [6.45, 7) is 5.24. The van der Waals surface area contributed by atoms with E-state index < -0.39 is 17.9 Å². The summed E-state index contributed by atoms with van der Waals surface area (Å²) in [4.78, 5) is 22.8. The monoisotopic (exact) mass is 512 g/mol. The zero-order chi connectivity index (χ0) is 26.7. The topological polar surface area (TPSA) is 102 Å². The molecule has 0 radical (unpaired) electrons. The van der Waals surface area contributed by atoms with E-state index in [2.05, 4.69) is 18.7 Å². The number of carboxylic acid groups (broad SMARTS) is 1. The molecule has 2 aromatic carbocycles. The molecular formula is C30H40O7. The van der Waals surface area contributed by atoms with Crippen molar-refractivity contribution in [2.24, 2.45) is 5.92 Å². The van der Waals surface area contributed by atoms with Gasteiger partial charge in [0.2, 0.25) is 0 Å². The first-order valence-electron chi connectivity index (χ1n) is 13.1. The molecule has 37 heavy (non-hydrogen) atoms. The largest absolute Gasteiger partial charge is 0.494 e. The summed E-state index contributed by atoms with van der Waals surface area (Å²) >= 11 is 0. The maximum Gasteiger partial charge on any atom is 0.320 e. The van der Waals surface area contributed by atoms with Crippen LogP contribution in [0.1, 0.15) is 57.8 Å². The number of allylic oxidation sites excluding steroid dienone is 1. The summed E-state index contributed by atoms with van der Waals surface area (Å²) in [5.41, 5.74) is 2.22. The van der Waals surface area contributed by atoms with Crippen molar-refractivity contribution < 1.29 is 34.0 Å². The van der Waals surface area contributed by atoms with E-state index in [1.54, 1.807) is 0 Å². The molecule has 0 fully saturated rings. The summed E-state index contributed by atoms with van der Waals surface area (Å²) in [7, 11) is 0. The zero-order valence-corrected chi connectivity index (χ0v) is 21.6. The van der Waals surface area contributed by atoms with Crippen LogP contribution in [-0.4, -0.2) is 48.6 Å². The Hall–Kier alpha value is -3.32. The fraction of sp³-hybridized carbons (Fsp3) is 0.467. The SMILES string of the molecule is C=CCC(C(=O)O)C(=O)OCCCCCCOc1ccc(-c2ccc(OCCCCCCO)cc2)cc1. The van der Waals surface area contributed by atoms with Crippen LogP contribution < -0.4 is 9.47 Å². The van der Waals surface area contributed by atoms with Gasteiger partial charge < -0.3 is 24.4 Å². The molecule has 0 heterocycles. The first-order valence-corrected chi connectivity index (χ1v) is 13.1. The van der Waals surface area contributed by atoms with Crippen LogP contribution in [0.2, 0.25) is 0 Å². The second-order valence-electron chi connectivity index (χ2n) is 8.88. The normalized spacial score (nSPS) is 11.5. The number of aliphatic hydroxyl groups excluding tert-OH is 1. The summed E-state index contributed by atoms with van der Waals surface area (Å²) in [5, 5.41) is 17.8. The van der Waals surface area contributed by atoms with E-state index >= 15 is 0 Å². The molecule has 1 atom stereocenters. The summed E-state index contributed by atoms with van der Waals surface area (Å²) in [5.74, 6) is -1.38. The Morgan fingerprint density at radius 3 is 1.62 bits per heavy atom. The minimum Gasteiger partial charge on any atom is -0.494 e. The molecule has 7 nitrogen and oxygen atoms in total. The molecule has 0 amide bonds. The Balaban J connectivity index is 1.59. The lowest BCUT2D eigenvalue weighted by Gasteiger charge is -2.10. The first kappa shape index (κ1) is 29.9. The molecule has 0 aromatic heterocycles. The molecule has 2 N–H and O–H groups in total. The predicted octanol–water partition coefficient (Wildman–Crippen LogP) is 6.04. The number of aliphatic hydroxyl groups is 1. The number of unbranched alkanes of at least 4 members (excludes halogenated alkanes) is 6. The highest BCUT2D eigenvalue weighted by atomic mass is 16.5. The van der Waals surface area contributed by atoms with Crippen LogP contribution in [0.4, 0.5) is 0 Å². The molecule has 202 valence electrons. The summed E-state index contributed by atoms with van der Waals surface area (Å²) in [6, 6.07) is 16.1. The smallest absolute Gasteiger partial charge is 0.320 e. The molecule has 0 spiro atoms. The minimum atomic E-state index is -1.18. The number of hydrogen-bond donors (Lipinski definition) is 2. The number of rotatable bonds is 20. The summed E-state index contributed by atoms with van der Waals surface area (Å²) < 4.78 is 16.7. The number of carbonyl (C=O) groups is 2. The van der Waals surface area contributed by atoms with Gasteiger partial charge in [-0.3, -0.25) is 9.59 Å². The third-order valence-corrected chi connectivity index (χ3v) is 5.90. The lowest BCUT2D eigenvalue weighted by molar-refractivity contribution is -0.158. The lowest BCUT2D eigenvalue weighted by Crippen LogP contribution is -2.25. The van der Waals surface area contributed by atoms with E-state index in [-0.39, 0.29) is 19.6 Å². The van der Waals surface area contributed by atoms with Crippen molar-refractivity contribution in [2.45, 2.75) is 57.8 Å². The minimum absolute atomic E-state index is 0.0709. The van der Waals surface area contributed by atoms with E-state index in [0.717, 1.165) is 67.6 Å². The average Bonchev–Trinajstić information content (AvgIpc) is 2.91. The molecule has 0 aliphatic carbocycles. The first-order chi connectivity index (χ1) is 18.0. The molecule has 0 aliphatic heterocycles. The Morgan fingerprint density at radius 1 is 0.730 bits per heavy atom. The Morgan fingerprint density at radius 2 is 1.19 bits per heavy atom. The Kier molecular flexibility index (Phi) is 14.6. The summed E-state index contributed by atoms with van der Waals surface area (Å²) in [6.07, 6.45) is 8.80. The number of ether oxygens (including phenoxy) is 3.